The van der Waals surface area contributed by atoms with Crippen LogP contribution in [0.15, 0.2) is 28.4 Å². The molecular weight excluding hydrogens is 310 g/mol. The van der Waals surface area contributed by atoms with Gasteiger partial charge in [-0.2, -0.15) is 4.98 Å². The van der Waals surface area contributed by atoms with E-state index in [1.165, 1.54) is 15.2 Å². The maximum absolute atomic E-state index is 12.8. The molecular formula is C16H21N5O3. The molecule has 0 fully saturated rings. The van der Waals surface area contributed by atoms with Crippen LogP contribution in [-0.2, 0) is 24.9 Å². The third-order valence-corrected chi connectivity index (χ3v) is 4.18. The minimum Gasteiger partial charge on any atom is -0.385 e. The Morgan fingerprint density at radius 1 is 1.33 bits per heavy atom. The van der Waals surface area contributed by atoms with Gasteiger partial charge in [0.1, 0.15) is 0 Å². The number of hydrogen-bond acceptors (Lipinski definition) is 4. The largest absolute Gasteiger partial charge is 0.385 e. The Morgan fingerprint density at radius 2 is 2.08 bits per heavy atom. The van der Waals surface area contributed by atoms with Gasteiger partial charge in [-0.15, -0.1) is 6.58 Å². The predicted molar refractivity (Wildman–Crippen MR) is 91.6 cm³/mol. The lowest BCUT2D eigenvalue weighted by molar-refractivity contribution is 0.190. The van der Waals surface area contributed by atoms with Crippen LogP contribution < -0.4 is 11.2 Å². The molecule has 0 aliphatic heterocycles. The lowest BCUT2D eigenvalue weighted by atomic mass is 10.4. The average molecular weight is 331 g/mol. The summed E-state index contributed by atoms with van der Waals surface area (Å²) >= 11 is 0. The lowest BCUT2D eigenvalue weighted by Gasteiger charge is -2.05. The maximum Gasteiger partial charge on any atom is 0.332 e. The summed E-state index contributed by atoms with van der Waals surface area (Å²) in [6.45, 7) is 7.13. The molecule has 3 heterocycles. The van der Waals surface area contributed by atoms with E-state index in [4.69, 9.17) is 4.74 Å². The molecule has 0 saturated heterocycles. The number of rotatable bonds is 6. The van der Waals surface area contributed by atoms with E-state index < -0.39 is 5.69 Å². The highest BCUT2D eigenvalue weighted by Gasteiger charge is 2.19. The number of aryl methyl sites for hydroxylation is 3. The number of imidazole rings is 2. The second-order valence-corrected chi connectivity index (χ2v) is 5.77. The fraction of sp³-hybridized carbons (Fsp3) is 0.438. The Hall–Kier alpha value is -2.61. The molecule has 0 aromatic carbocycles. The first-order valence-electron chi connectivity index (χ1n) is 7.78. The second-order valence-electron chi connectivity index (χ2n) is 5.77. The van der Waals surface area contributed by atoms with Crippen LogP contribution in [0.2, 0.25) is 0 Å². The van der Waals surface area contributed by atoms with Gasteiger partial charge in [-0.25, -0.2) is 4.79 Å². The van der Waals surface area contributed by atoms with Crippen LogP contribution in [0.25, 0.3) is 16.9 Å². The normalized spacial score (nSPS) is 11.6. The van der Waals surface area contributed by atoms with E-state index in [0.717, 1.165) is 18.7 Å². The highest BCUT2D eigenvalue weighted by atomic mass is 16.5. The van der Waals surface area contributed by atoms with Crippen LogP contribution >= 0.6 is 0 Å². The second kappa shape index (κ2) is 6.12. The van der Waals surface area contributed by atoms with Crippen LogP contribution in [0, 0.1) is 6.92 Å². The maximum atomic E-state index is 12.8. The fourth-order valence-electron chi connectivity index (χ4n) is 2.99. The monoisotopic (exact) mass is 331 g/mol. The van der Waals surface area contributed by atoms with Crippen molar-refractivity contribution in [2.24, 2.45) is 7.05 Å². The Labute approximate surface area is 138 Å². The molecule has 128 valence electrons. The predicted octanol–water partition coefficient (Wildman–Crippen LogP) is 0.680. The molecule has 3 aromatic rings. The third-order valence-electron chi connectivity index (χ3n) is 4.18. The summed E-state index contributed by atoms with van der Waals surface area (Å²) < 4.78 is 11.5. The quantitative estimate of drug-likeness (QED) is 0.492. The van der Waals surface area contributed by atoms with Gasteiger partial charge < -0.3 is 9.30 Å². The number of aromatic nitrogens is 5. The average Bonchev–Trinajstić information content (AvgIpc) is 3.06. The zero-order valence-corrected chi connectivity index (χ0v) is 14.2. The van der Waals surface area contributed by atoms with Crippen molar-refractivity contribution in [1.82, 2.24) is 23.1 Å². The highest BCUT2D eigenvalue weighted by molar-refractivity contribution is 5.75. The first kappa shape index (κ1) is 16.3. The van der Waals surface area contributed by atoms with E-state index >= 15 is 0 Å². The molecule has 24 heavy (non-hydrogen) atoms. The van der Waals surface area contributed by atoms with Crippen LogP contribution in [0.5, 0.6) is 0 Å². The van der Waals surface area contributed by atoms with Gasteiger partial charge in [-0.3, -0.25) is 18.3 Å². The van der Waals surface area contributed by atoms with E-state index in [2.05, 4.69) is 11.6 Å². The first-order valence-corrected chi connectivity index (χ1v) is 7.78. The van der Waals surface area contributed by atoms with Crippen LogP contribution in [0.1, 0.15) is 12.1 Å². The van der Waals surface area contributed by atoms with E-state index in [0.29, 0.717) is 23.5 Å². The molecule has 3 aromatic heterocycles. The molecule has 8 heteroatoms. The molecule has 0 N–H and O–H groups in total. The van der Waals surface area contributed by atoms with Crippen molar-refractivity contribution in [1.29, 1.82) is 0 Å². The van der Waals surface area contributed by atoms with Gasteiger partial charge in [0.25, 0.3) is 5.56 Å². The van der Waals surface area contributed by atoms with Gasteiger partial charge in [0.15, 0.2) is 11.2 Å². The summed E-state index contributed by atoms with van der Waals surface area (Å²) in [6, 6.07) is 0. The highest BCUT2D eigenvalue weighted by Crippen LogP contribution is 2.16. The number of allylic oxidation sites excluding steroid dienone is 1. The lowest BCUT2D eigenvalue weighted by Crippen LogP contribution is -2.39. The SMILES string of the molecule is C=CCn1c(=O)c2c(nc3n(CCCOC)c(C)cn23)n(C)c1=O. The van der Waals surface area contributed by atoms with Crippen LogP contribution in [0.3, 0.4) is 0 Å². The Morgan fingerprint density at radius 3 is 2.75 bits per heavy atom. The minimum absolute atomic E-state index is 0.169. The van der Waals surface area contributed by atoms with Gasteiger partial charge in [0.2, 0.25) is 5.78 Å². The van der Waals surface area contributed by atoms with Gasteiger partial charge in [0.05, 0.1) is 0 Å². The van der Waals surface area contributed by atoms with Crippen molar-refractivity contribution < 1.29 is 4.74 Å². The molecule has 3 rings (SSSR count). The van der Waals surface area contributed by atoms with Gasteiger partial charge in [0, 0.05) is 45.7 Å². The van der Waals surface area contributed by atoms with E-state index in [1.807, 2.05) is 17.7 Å². The van der Waals surface area contributed by atoms with E-state index in [9.17, 15) is 9.59 Å². The Balaban J connectivity index is 2.31. The summed E-state index contributed by atoms with van der Waals surface area (Å²) in [7, 11) is 3.29. The zero-order chi connectivity index (χ0) is 17.4. The molecule has 0 atom stereocenters. The van der Waals surface area contributed by atoms with Gasteiger partial charge >= 0.3 is 5.69 Å². The number of hydrogen-bond donors (Lipinski definition) is 0. The molecule has 0 unspecified atom stereocenters. The molecule has 0 radical (unpaired) electrons. The van der Waals surface area contributed by atoms with Crippen molar-refractivity contribution in [3.63, 3.8) is 0 Å². The van der Waals surface area contributed by atoms with Crippen molar-refractivity contribution >= 4 is 16.9 Å². The first-order chi connectivity index (χ1) is 11.5. The van der Waals surface area contributed by atoms with Crippen LogP contribution in [0.4, 0.5) is 0 Å². The summed E-state index contributed by atoms with van der Waals surface area (Å²) in [5, 5.41) is 0. The molecule has 8 nitrogen and oxygen atoms in total. The summed E-state index contributed by atoms with van der Waals surface area (Å²) in [5.41, 5.74) is 1.05. The molecule has 0 saturated carbocycles. The smallest absolute Gasteiger partial charge is 0.332 e. The van der Waals surface area contributed by atoms with E-state index in [1.54, 1.807) is 18.6 Å². The molecule has 0 bridgehead atoms. The molecule has 0 amide bonds. The summed E-state index contributed by atoms with van der Waals surface area (Å²) in [4.78, 5) is 29.7. The minimum atomic E-state index is -0.393. The zero-order valence-electron chi connectivity index (χ0n) is 14.2. The van der Waals surface area contributed by atoms with Gasteiger partial charge in [-0.05, 0) is 13.3 Å². The van der Waals surface area contributed by atoms with Crippen molar-refractivity contribution in [2.45, 2.75) is 26.4 Å². The Bertz CT molecular complexity index is 1030. The topological polar surface area (TPSA) is 75.5 Å². The fourth-order valence-corrected chi connectivity index (χ4v) is 2.99. The Kier molecular flexibility index (Phi) is 4.15. The van der Waals surface area contributed by atoms with Crippen molar-refractivity contribution in [2.75, 3.05) is 13.7 Å². The van der Waals surface area contributed by atoms with E-state index in [-0.39, 0.29) is 12.1 Å². The molecule has 0 aliphatic carbocycles. The summed E-state index contributed by atoms with van der Waals surface area (Å²) in [6.07, 6.45) is 4.25. The summed E-state index contributed by atoms with van der Waals surface area (Å²) in [5.74, 6) is 0.655. The van der Waals surface area contributed by atoms with Gasteiger partial charge in [-0.1, -0.05) is 6.08 Å². The third kappa shape index (κ3) is 2.30. The van der Waals surface area contributed by atoms with Crippen LogP contribution in [-0.4, -0.2) is 36.8 Å². The number of fused-ring (bicyclic) bond motifs is 3. The molecule has 0 spiro atoms. The van der Waals surface area contributed by atoms with Crippen molar-refractivity contribution in [3.05, 3.63) is 45.4 Å². The standard InChI is InChI=1S/C16H21N5O3/c1-5-7-20-14(22)12-13(18(3)16(20)23)17-15-19(8-6-9-24-4)11(2)10-21(12)15/h5,10H,1,6-9H2,2-4H3. The number of methoxy groups -OCH3 is 1. The molecule has 0 aliphatic rings. The van der Waals surface area contributed by atoms with Crippen molar-refractivity contribution in [3.8, 4) is 0 Å². The number of ether oxygens (including phenoxy) is 1. The number of nitrogens with zero attached hydrogens (tertiary/aromatic N) is 5.